The van der Waals surface area contributed by atoms with Gasteiger partial charge in [-0.25, -0.2) is 0 Å². The highest BCUT2D eigenvalue weighted by Crippen LogP contribution is 2.38. The van der Waals surface area contributed by atoms with Gasteiger partial charge in [0.2, 0.25) is 0 Å². The molecule has 0 spiro atoms. The summed E-state index contributed by atoms with van der Waals surface area (Å²) in [5.74, 6) is -0.694. The highest BCUT2D eigenvalue weighted by atomic mass is 16.8. The van der Waals surface area contributed by atoms with Gasteiger partial charge in [0, 0.05) is 14.2 Å². The van der Waals surface area contributed by atoms with E-state index >= 15 is 0 Å². The Labute approximate surface area is 108 Å². The molecule has 3 heteroatoms. The SMILES string of the molecule is COC1OC(C)(OC)C(Cc2ccccc2)=C1C. The Bertz CT molecular complexity index is 438. The van der Waals surface area contributed by atoms with Gasteiger partial charge in [-0.1, -0.05) is 30.3 Å². The zero-order chi connectivity index (χ0) is 13.2. The van der Waals surface area contributed by atoms with E-state index in [2.05, 4.69) is 12.1 Å². The molecule has 1 heterocycles. The fourth-order valence-corrected chi connectivity index (χ4v) is 2.36. The summed E-state index contributed by atoms with van der Waals surface area (Å²) < 4.78 is 16.7. The lowest BCUT2D eigenvalue weighted by Crippen LogP contribution is -2.32. The molecule has 1 aliphatic rings. The molecule has 3 nitrogen and oxygen atoms in total. The topological polar surface area (TPSA) is 27.7 Å². The number of ether oxygens (including phenoxy) is 3. The number of hydrogen-bond donors (Lipinski definition) is 0. The first-order valence-electron chi connectivity index (χ1n) is 6.10. The third-order valence-electron chi connectivity index (χ3n) is 3.54. The Morgan fingerprint density at radius 1 is 1.22 bits per heavy atom. The van der Waals surface area contributed by atoms with Crippen LogP contribution in [0, 0.1) is 0 Å². The minimum absolute atomic E-state index is 0.311. The van der Waals surface area contributed by atoms with Crippen LogP contribution in [-0.4, -0.2) is 26.3 Å². The summed E-state index contributed by atoms with van der Waals surface area (Å²) >= 11 is 0. The smallest absolute Gasteiger partial charge is 0.191 e. The van der Waals surface area contributed by atoms with Gasteiger partial charge in [0.1, 0.15) is 0 Å². The molecule has 1 aliphatic heterocycles. The Morgan fingerprint density at radius 3 is 2.44 bits per heavy atom. The summed E-state index contributed by atoms with van der Waals surface area (Å²) in [6.07, 6.45) is 0.505. The van der Waals surface area contributed by atoms with Gasteiger partial charge in [-0.3, -0.25) is 0 Å². The maximum atomic E-state index is 5.83. The Morgan fingerprint density at radius 2 is 1.89 bits per heavy atom. The molecule has 1 aromatic rings. The first-order valence-corrected chi connectivity index (χ1v) is 6.10. The van der Waals surface area contributed by atoms with Gasteiger partial charge in [-0.2, -0.15) is 0 Å². The van der Waals surface area contributed by atoms with Crippen LogP contribution in [0.2, 0.25) is 0 Å². The number of methoxy groups -OCH3 is 2. The van der Waals surface area contributed by atoms with Gasteiger partial charge >= 0.3 is 0 Å². The van der Waals surface area contributed by atoms with Crippen LogP contribution in [0.4, 0.5) is 0 Å². The van der Waals surface area contributed by atoms with Gasteiger partial charge in [0.25, 0.3) is 0 Å². The Kier molecular flexibility index (Phi) is 3.85. The van der Waals surface area contributed by atoms with Crippen LogP contribution >= 0.6 is 0 Å². The molecule has 0 bridgehead atoms. The first-order chi connectivity index (χ1) is 8.60. The molecule has 0 radical (unpaired) electrons. The van der Waals surface area contributed by atoms with Crippen molar-refractivity contribution in [3.8, 4) is 0 Å². The average molecular weight is 248 g/mol. The van der Waals surface area contributed by atoms with Crippen LogP contribution < -0.4 is 0 Å². The third kappa shape index (κ3) is 2.34. The molecule has 18 heavy (non-hydrogen) atoms. The molecule has 0 aliphatic carbocycles. The molecule has 0 amide bonds. The number of benzene rings is 1. The summed E-state index contributed by atoms with van der Waals surface area (Å²) in [6.45, 7) is 3.98. The maximum Gasteiger partial charge on any atom is 0.191 e. The van der Waals surface area contributed by atoms with E-state index < -0.39 is 5.79 Å². The summed E-state index contributed by atoms with van der Waals surface area (Å²) in [4.78, 5) is 0. The van der Waals surface area contributed by atoms with Crippen molar-refractivity contribution in [1.82, 2.24) is 0 Å². The zero-order valence-electron chi connectivity index (χ0n) is 11.4. The number of rotatable bonds is 4. The Balaban J connectivity index is 2.30. The summed E-state index contributed by atoms with van der Waals surface area (Å²) in [7, 11) is 3.31. The van der Waals surface area contributed by atoms with Crippen molar-refractivity contribution in [2.24, 2.45) is 0 Å². The van der Waals surface area contributed by atoms with Gasteiger partial charge in [-0.15, -0.1) is 0 Å². The van der Waals surface area contributed by atoms with Gasteiger partial charge in [0.05, 0.1) is 0 Å². The summed E-state index contributed by atoms with van der Waals surface area (Å²) in [5, 5.41) is 0. The largest absolute Gasteiger partial charge is 0.352 e. The molecule has 0 fully saturated rings. The molecule has 2 atom stereocenters. The van der Waals surface area contributed by atoms with E-state index in [9.17, 15) is 0 Å². The van der Waals surface area contributed by atoms with Crippen LogP contribution in [-0.2, 0) is 20.6 Å². The molecular formula is C15H20O3. The predicted molar refractivity (Wildman–Crippen MR) is 70.1 cm³/mol. The summed E-state index contributed by atoms with van der Waals surface area (Å²) in [6, 6.07) is 10.3. The van der Waals surface area contributed by atoms with Crippen molar-refractivity contribution in [3.63, 3.8) is 0 Å². The Hall–Kier alpha value is -1.16. The molecular weight excluding hydrogens is 228 g/mol. The van der Waals surface area contributed by atoms with E-state index in [0.717, 1.165) is 17.6 Å². The van der Waals surface area contributed by atoms with Crippen LogP contribution in [0.1, 0.15) is 19.4 Å². The van der Waals surface area contributed by atoms with E-state index in [0.29, 0.717) is 0 Å². The van der Waals surface area contributed by atoms with E-state index in [-0.39, 0.29) is 6.29 Å². The molecule has 1 aromatic carbocycles. The van der Waals surface area contributed by atoms with Gasteiger partial charge in [0.15, 0.2) is 12.1 Å². The van der Waals surface area contributed by atoms with E-state index in [4.69, 9.17) is 14.2 Å². The second kappa shape index (κ2) is 5.22. The molecule has 2 rings (SSSR count). The van der Waals surface area contributed by atoms with Crippen molar-refractivity contribution in [2.45, 2.75) is 32.3 Å². The monoisotopic (exact) mass is 248 g/mol. The molecule has 0 saturated heterocycles. The van der Waals surface area contributed by atoms with Gasteiger partial charge < -0.3 is 14.2 Å². The molecule has 0 N–H and O–H groups in total. The lowest BCUT2D eigenvalue weighted by atomic mass is 9.96. The fraction of sp³-hybridized carbons (Fsp3) is 0.467. The molecule has 2 unspecified atom stereocenters. The minimum Gasteiger partial charge on any atom is -0.352 e. The van der Waals surface area contributed by atoms with E-state index in [1.54, 1.807) is 14.2 Å². The molecule has 0 aromatic heterocycles. The predicted octanol–water partition coefficient (Wildman–Crippen LogP) is 2.91. The molecule has 98 valence electrons. The zero-order valence-corrected chi connectivity index (χ0v) is 11.4. The maximum absolute atomic E-state index is 5.83. The summed E-state index contributed by atoms with van der Waals surface area (Å²) in [5.41, 5.74) is 3.49. The second-order valence-electron chi connectivity index (χ2n) is 4.66. The van der Waals surface area contributed by atoms with Crippen molar-refractivity contribution in [1.29, 1.82) is 0 Å². The normalized spacial score (nSPS) is 27.9. The van der Waals surface area contributed by atoms with Crippen LogP contribution in [0.25, 0.3) is 0 Å². The van der Waals surface area contributed by atoms with Crippen molar-refractivity contribution < 1.29 is 14.2 Å². The minimum atomic E-state index is -0.694. The average Bonchev–Trinajstić information content (AvgIpc) is 2.65. The van der Waals surface area contributed by atoms with E-state index in [1.807, 2.05) is 32.0 Å². The quantitative estimate of drug-likeness (QED) is 0.767. The molecule has 0 saturated carbocycles. The lowest BCUT2D eigenvalue weighted by molar-refractivity contribution is -0.239. The van der Waals surface area contributed by atoms with Crippen molar-refractivity contribution in [2.75, 3.05) is 14.2 Å². The second-order valence-corrected chi connectivity index (χ2v) is 4.66. The van der Waals surface area contributed by atoms with E-state index in [1.165, 1.54) is 5.56 Å². The highest BCUT2D eigenvalue weighted by molar-refractivity contribution is 5.32. The van der Waals surface area contributed by atoms with Crippen LogP contribution in [0.15, 0.2) is 41.5 Å². The lowest BCUT2D eigenvalue weighted by Gasteiger charge is -2.26. The standard InChI is InChI=1S/C15H20O3/c1-11-13(10-12-8-6-5-7-9-12)15(2,17-4)18-14(11)16-3/h5-9,14H,10H2,1-4H3. The van der Waals surface area contributed by atoms with Crippen molar-refractivity contribution in [3.05, 3.63) is 47.0 Å². The van der Waals surface area contributed by atoms with Gasteiger partial charge in [-0.05, 0) is 37.0 Å². The fourth-order valence-electron chi connectivity index (χ4n) is 2.36. The highest BCUT2D eigenvalue weighted by Gasteiger charge is 2.42. The van der Waals surface area contributed by atoms with Crippen LogP contribution in [0.3, 0.4) is 0 Å². The first kappa shape index (κ1) is 13.3. The number of hydrogen-bond acceptors (Lipinski definition) is 3. The third-order valence-corrected chi connectivity index (χ3v) is 3.54. The van der Waals surface area contributed by atoms with Crippen molar-refractivity contribution >= 4 is 0 Å². The van der Waals surface area contributed by atoms with Crippen LogP contribution in [0.5, 0.6) is 0 Å².